The van der Waals surface area contributed by atoms with Crippen LogP contribution in [0.25, 0.3) is 0 Å². The van der Waals surface area contributed by atoms with Crippen LogP contribution in [-0.4, -0.2) is 79.2 Å². The minimum atomic E-state index is -3.76. The molecule has 0 radical (unpaired) electrons. The summed E-state index contributed by atoms with van der Waals surface area (Å²) in [5.41, 5.74) is 3.29. The van der Waals surface area contributed by atoms with Gasteiger partial charge in [0.15, 0.2) is 0 Å². The van der Waals surface area contributed by atoms with E-state index in [2.05, 4.69) is 15.2 Å². The largest absolute Gasteiger partial charge is 0.379 e. The van der Waals surface area contributed by atoms with E-state index in [1.165, 1.54) is 0 Å². The fourth-order valence-corrected chi connectivity index (χ4v) is 6.21. The quantitative estimate of drug-likeness (QED) is 0.391. The molecule has 2 aromatic carbocycles. The van der Waals surface area contributed by atoms with Crippen LogP contribution in [0.1, 0.15) is 36.2 Å². The summed E-state index contributed by atoms with van der Waals surface area (Å²) in [6.07, 6.45) is 1.60. The number of nitrogens with one attached hydrogen (secondary N) is 1. The lowest BCUT2D eigenvalue weighted by molar-refractivity contribution is 0.0345. The zero-order valence-electron chi connectivity index (χ0n) is 23.0. The van der Waals surface area contributed by atoms with Crippen LogP contribution in [0.2, 0.25) is 0 Å². The number of imidazole rings is 1. The Hall–Kier alpha value is -3.21. The van der Waals surface area contributed by atoms with Crippen LogP contribution < -0.4 is 5.32 Å². The minimum absolute atomic E-state index is 0.0157. The first-order chi connectivity index (χ1) is 18.7. The Morgan fingerprint density at radius 1 is 1.08 bits per heavy atom. The van der Waals surface area contributed by atoms with Crippen molar-refractivity contribution in [2.75, 3.05) is 39.4 Å². The lowest BCUT2D eigenvalue weighted by Crippen LogP contribution is -2.47. The Morgan fingerprint density at radius 2 is 1.77 bits per heavy atom. The first-order valence-electron chi connectivity index (χ1n) is 13.4. The number of carbonyl (C=O) groups is 1. The van der Waals surface area contributed by atoms with Gasteiger partial charge in [-0.15, -0.1) is 0 Å². The van der Waals surface area contributed by atoms with Crippen molar-refractivity contribution < 1.29 is 17.9 Å². The highest BCUT2D eigenvalue weighted by molar-refractivity contribution is 7.90. The number of nitrogens with zero attached hydrogens (tertiary/aromatic N) is 4. The number of hydrogen-bond donors (Lipinski definition) is 1. The Kier molecular flexibility index (Phi) is 9.77. The van der Waals surface area contributed by atoms with E-state index < -0.39 is 9.84 Å². The number of aromatic nitrogens is 2. The van der Waals surface area contributed by atoms with Crippen LogP contribution >= 0.6 is 0 Å². The first kappa shape index (κ1) is 28.8. The SMILES string of the molecule is Cc1ccccc1CS(=O)(=O)c1ncc(CN(CCN2CCOCC2)C(=O)NC(C)C)n1Cc1ccccc1. The van der Waals surface area contributed by atoms with Crippen LogP contribution in [0.4, 0.5) is 4.79 Å². The molecule has 0 spiro atoms. The third-order valence-electron chi connectivity index (χ3n) is 6.81. The van der Waals surface area contributed by atoms with Gasteiger partial charge < -0.3 is 19.5 Å². The summed E-state index contributed by atoms with van der Waals surface area (Å²) in [6.45, 7) is 10.6. The average molecular weight is 554 g/mol. The van der Waals surface area contributed by atoms with Gasteiger partial charge in [0.25, 0.3) is 0 Å². The van der Waals surface area contributed by atoms with Gasteiger partial charge >= 0.3 is 6.03 Å². The molecule has 0 bridgehead atoms. The molecule has 1 aliphatic heterocycles. The first-order valence-corrected chi connectivity index (χ1v) is 15.1. The monoisotopic (exact) mass is 553 g/mol. The average Bonchev–Trinajstić information content (AvgIpc) is 3.31. The smallest absolute Gasteiger partial charge is 0.317 e. The standard InChI is InChI=1S/C29H39N5O4S/c1-23(2)31-28(35)33(14-13-32-15-17-38-18-16-32)21-27-19-30-29(34(27)20-25-10-5-4-6-11-25)39(36,37)22-26-12-8-7-9-24(26)3/h4-12,19,23H,13-18,20-22H2,1-3H3,(H,31,35). The third-order valence-corrected chi connectivity index (χ3v) is 8.39. The summed E-state index contributed by atoms with van der Waals surface area (Å²) in [6, 6.07) is 17.0. The van der Waals surface area contributed by atoms with Crippen molar-refractivity contribution in [3.63, 3.8) is 0 Å². The van der Waals surface area contributed by atoms with Gasteiger partial charge in [0, 0.05) is 32.2 Å². The number of sulfone groups is 1. The van der Waals surface area contributed by atoms with Crippen molar-refractivity contribution in [2.45, 2.75) is 50.8 Å². The normalized spacial score (nSPS) is 14.5. The maximum Gasteiger partial charge on any atom is 0.317 e. The lowest BCUT2D eigenvalue weighted by Gasteiger charge is -2.30. The molecular formula is C29H39N5O4S. The molecule has 1 saturated heterocycles. The fourth-order valence-electron chi connectivity index (χ4n) is 4.62. The van der Waals surface area contributed by atoms with Crippen molar-refractivity contribution in [3.05, 3.63) is 83.2 Å². The number of urea groups is 1. The van der Waals surface area contributed by atoms with Crippen LogP contribution in [0.5, 0.6) is 0 Å². The molecule has 4 rings (SSSR count). The second-order valence-electron chi connectivity index (χ2n) is 10.3. The molecule has 10 heteroatoms. The predicted molar refractivity (Wildman–Crippen MR) is 151 cm³/mol. The Balaban J connectivity index is 1.65. The van der Waals surface area contributed by atoms with Gasteiger partial charge in [-0.3, -0.25) is 4.90 Å². The molecule has 0 saturated carbocycles. The number of carbonyl (C=O) groups excluding carboxylic acids is 1. The van der Waals surface area contributed by atoms with Gasteiger partial charge in [-0.05, 0) is 37.5 Å². The number of rotatable bonds is 11. The fraction of sp³-hybridized carbons (Fsp3) is 0.448. The lowest BCUT2D eigenvalue weighted by atomic mass is 10.1. The van der Waals surface area contributed by atoms with Gasteiger partial charge in [0.05, 0.1) is 43.9 Å². The predicted octanol–water partition coefficient (Wildman–Crippen LogP) is 3.47. The van der Waals surface area contributed by atoms with E-state index in [4.69, 9.17) is 4.74 Å². The number of hydrogen-bond acceptors (Lipinski definition) is 6. The molecule has 2 amide bonds. The van der Waals surface area contributed by atoms with Crippen LogP contribution in [0.3, 0.4) is 0 Å². The molecule has 0 aliphatic carbocycles. The highest BCUT2D eigenvalue weighted by Crippen LogP contribution is 2.22. The zero-order valence-corrected chi connectivity index (χ0v) is 23.9. The second-order valence-corrected chi connectivity index (χ2v) is 12.2. The molecule has 1 aliphatic rings. The Labute approximate surface area is 231 Å². The second kappa shape index (κ2) is 13.2. The van der Waals surface area contributed by atoms with Gasteiger partial charge in [0.2, 0.25) is 15.0 Å². The van der Waals surface area contributed by atoms with Crippen molar-refractivity contribution in [3.8, 4) is 0 Å². The van der Waals surface area contributed by atoms with Crippen molar-refractivity contribution >= 4 is 15.9 Å². The van der Waals surface area contributed by atoms with Gasteiger partial charge in [-0.1, -0.05) is 54.6 Å². The number of benzene rings is 2. The Morgan fingerprint density at radius 3 is 2.46 bits per heavy atom. The van der Waals surface area contributed by atoms with Gasteiger partial charge in [0.1, 0.15) is 0 Å². The molecule has 0 atom stereocenters. The summed E-state index contributed by atoms with van der Waals surface area (Å²) in [5, 5.41) is 3.01. The molecule has 3 aromatic rings. The van der Waals surface area contributed by atoms with Gasteiger partial charge in [-0.2, -0.15) is 0 Å². The van der Waals surface area contributed by atoms with Crippen molar-refractivity contribution in [1.82, 2.24) is 24.7 Å². The number of ether oxygens (including phenoxy) is 1. The summed E-state index contributed by atoms with van der Waals surface area (Å²) >= 11 is 0. The Bertz CT molecular complexity index is 1330. The number of amides is 2. The molecule has 1 N–H and O–H groups in total. The summed E-state index contributed by atoms with van der Waals surface area (Å²) in [5.74, 6) is -0.139. The van der Waals surface area contributed by atoms with Crippen LogP contribution in [0.15, 0.2) is 66.0 Å². The minimum Gasteiger partial charge on any atom is -0.379 e. The van der Waals surface area contributed by atoms with Crippen LogP contribution in [0, 0.1) is 6.92 Å². The topological polar surface area (TPSA) is 96.8 Å². The summed E-state index contributed by atoms with van der Waals surface area (Å²) < 4.78 is 34.6. The molecule has 2 heterocycles. The molecule has 39 heavy (non-hydrogen) atoms. The van der Waals surface area contributed by atoms with E-state index in [0.717, 1.165) is 29.8 Å². The molecule has 1 aromatic heterocycles. The molecule has 210 valence electrons. The number of morpholine rings is 1. The summed E-state index contributed by atoms with van der Waals surface area (Å²) in [7, 11) is -3.76. The van der Waals surface area contributed by atoms with E-state index in [-0.39, 0.29) is 29.5 Å². The highest BCUT2D eigenvalue weighted by Gasteiger charge is 2.27. The van der Waals surface area contributed by atoms with Gasteiger partial charge in [-0.25, -0.2) is 18.2 Å². The van der Waals surface area contributed by atoms with E-state index in [1.54, 1.807) is 15.7 Å². The van der Waals surface area contributed by atoms with E-state index in [9.17, 15) is 13.2 Å². The molecule has 9 nitrogen and oxygen atoms in total. The maximum atomic E-state index is 13.7. The van der Waals surface area contributed by atoms with E-state index >= 15 is 0 Å². The van der Waals surface area contributed by atoms with E-state index in [1.807, 2.05) is 75.4 Å². The van der Waals surface area contributed by atoms with Crippen molar-refractivity contribution in [2.24, 2.45) is 0 Å². The number of aryl methyl sites for hydroxylation is 1. The maximum absolute atomic E-state index is 13.7. The molecule has 0 unspecified atom stereocenters. The molecular weight excluding hydrogens is 514 g/mol. The molecule has 1 fully saturated rings. The van der Waals surface area contributed by atoms with Crippen LogP contribution in [-0.2, 0) is 33.4 Å². The summed E-state index contributed by atoms with van der Waals surface area (Å²) in [4.78, 5) is 21.6. The van der Waals surface area contributed by atoms with E-state index in [0.29, 0.717) is 38.5 Å². The van der Waals surface area contributed by atoms with Crippen molar-refractivity contribution in [1.29, 1.82) is 0 Å². The highest BCUT2D eigenvalue weighted by atomic mass is 32.2. The zero-order chi connectivity index (χ0) is 27.8. The third kappa shape index (κ3) is 7.90.